The third-order valence-corrected chi connectivity index (χ3v) is 6.30. The highest BCUT2D eigenvalue weighted by atomic mass is 79.9. The number of benzene rings is 1. The molecule has 3 atom stereocenters. The zero-order chi connectivity index (χ0) is 21.8. The molecule has 1 heterocycles. The van der Waals surface area contributed by atoms with Crippen molar-refractivity contribution in [3.63, 3.8) is 0 Å². The van der Waals surface area contributed by atoms with Crippen LogP contribution in [0.1, 0.15) is 31.1 Å². The third-order valence-electron chi connectivity index (χ3n) is 4.11. The Morgan fingerprint density at radius 3 is 2.31 bits per heavy atom. The molecule has 29 heavy (non-hydrogen) atoms. The molecule has 0 aliphatic carbocycles. The average Bonchev–Trinajstić information content (AvgIpc) is 3.21. The second kappa shape index (κ2) is 9.32. The van der Waals surface area contributed by atoms with Crippen LogP contribution in [0.4, 0.5) is 0 Å². The van der Waals surface area contributed by atoms with E-state index in [1.807, 2.05) is 0 Å². The van der Waals surface area contributed by atoms with Gasteiger partial charge >= 0.3 is 17.1 Å². The number of methoxy groups -OCH3 is 1. The SMILES string of the molecule is COC(=O)c1ccc(OC(Cl)(C(OC(C)=O)C(C)(C)C(Cl)Br)n2cncn2)cc1. The minimum absolute atomic E-state index is 0.289. The number of carbonyl (C=O) groups is 2. The molecule has 2 aromatic rings. The quantitative estimate of drug-likeness (QED) is 0.394. The molecule has 1 aromatic carbocycles. The first kappa shape index (κ1) is 23.4. The Labute approximate surface area is 186 Å². The topological polar surface area (TPSA) is 92.5 Å². The molecule has 0 aliphatic rings. The molecule has 0 N–H and O–H groups in total. The Kier molecular flexibility index (Phi) is 7.53. The fraction of sp³-hybridized carbons (Fsp3) is 0.444. The van der Waals surface area contributed by atoms with Gasteiger partial charge in [-0.25, -0.2) is 9.78 Å². The van der Waals surface area contributed by atoms with Crippen LogP contribution in [0.25, 0.3) is 0 Å². The van der Waals surface area contributed by atoms with Crippen molar-refractivity contribution in [2.45, 2.75) is 36.3 Å². The van der Waals surface area contributed by atoms with Gasteiger partial charge in [0.2, 0.25) is 0 Å². The molecule has 0 amide bonds. The van der Waals surface area contributed by atoms with Crippen LogP contribution in [0.2, 0.25) is 0 Å². The van der Waals surface area contributed by atoms with Gasteiger partial charge in [-0.1, -0.05) is 29.8 Å². The van der Waals surface area contributed by atoms with E-state index in [1.54, 1.807) is 13.8 Å². The fourth-order valence-electron chi connectivity index (χ4n) is 2.49. The van der Waals surface area contributed by atoms with Gasteiger partial charge in [-0.3, -0.25) is 4.79 Å². The second-order valence-corrected chi connectivity index (χ2v) is 9.10. The van der Waals surface area contributed by atoms with Crippen LogP contribution in [0.15, 0.2) is 36.9 Å². The monoisotopic (exact) mass is 507 g/mol. The second-order valence-electron chi connectivity index (χ2n) is 6.68. The standard InChI is InChI=1S/C18H20BrCl2N3O5/c1-11(25)28-15(17(2,3)16(19)20)18(21,24-10-22-9-23-24)29-13-7-5-12(6-8-13)14(26)27-4/h5-10,15-16H,1-4H3. The average molecular weight is 509 g/mol. The predicted molar refractivity (Wildman–Crippen MR) is 110 cm³/mol. The first-order chi connectivity index (χ1) is 13.5. The summed E-state index contributed by atoms with van der Waals surface area (Å²) in [5.74, 6) is -0.785. The summed E-state index contributed by atoms with van der Waals surface area (Å²) in [6.07, 6.45) is 1.50. The molecule has 0 radical (unpaired) electrons. The summed E-state index contributed by atoms with van der Waals surface area (Å²) in [7, 11) is 1.29. The van der Waals surface area contributed by atoms with Crippen LogP contribution in [0.3, 0.4) is 0 Å². The maximum atomic E-state index is 11.9. The molecule has 1 aromatic heterocycles. The molecule has 0 saturated heterocycles. The van der Waals surface area contributed by atoms with Crippen molar-refractivity contribution in [3.05, 3.63) is 42.5 Å². The number of halogens is 3. The van der Waals surface area contributed by atoms with Gasteiger partial charge in [0.25, 0.3) is 0 Å². The van der Waals surface area contributed by atoms with Crippen molar-refractivity contribution in [2.24, 2.45) is 5.41 Å². The van der Waals surface area contributed by atoms with E-state index in [4.69, 9.17) is 32.7 Å². The molecule has 0 spiro atoms. The first-order valence-electron chi connectivity index (χ1n) is 8.39. The highest BCUT2D eigenvalue weighted by Crippen LogP contribution is 2.45. The van der Waals surface area contributed by atoms with Crippen LogP contribution in [0, 0.1) is 5.41 Å². The van der Waals surface area contributed by atoms with Gasteiger partial charge in [-0.05, 0) is 35.9 Å². The van der Waals surface area contributed by atoms with Crippen molar-refractivity contribution >= 4 is 51.1 Å². The van der Waals surface area contributed by atoms with Gasteiger partial charge in [0.15, 0.2) is 6.10 Å². The van der Waals surface area contributed by atoms with E-state index in [-0.39, 0.29) is 5.75 Å². The zero-order valence-corrected chi connectivity index (χ0v) is 19.2. The van der Waals surface area contributed by atoms with Gasteiger partial charge in [0.05, 0.1) is 17.0 Å². The van der Waals surface area contributed by atoms with Crippen LogP contribution >= 0.6 is 39.1 Å². The molecular formula is C18H20BrCl2N3O5. The Hall–Kier alpha value is -1.84. The predicted octanol–water partition coefficient (Wildman–Crippen LogP) is 3.91. The Bertz CT molecular complexity index is 846. The highest BCUT2D eigenvalue weighted by molar-refractivity contribution is 9.10. The molecule has 3 unspecified atom stereocenters. The van der Waals surface area contributed by atoms with Crippen LogP contribution < -0.4 is 4.74 Å². The summed E-state index contributed by atoms with van der Waals surface area (Å²) < 4.78 is 16.9. The summed E-state index contributed by atoms with van der Waals surface area (Å²) in [6, 6.07) is 6.09. The van der Waals surface area contributed by atoms with E-state index >= 15 is 0 Å². The summed E-state index contributed by atoms with van der Waals surface area (Å²) in [5.41, 5.74) is -0.578. The van der Waals surface area contributed by atoms with E-state index in [0.29, 0.717) is 5.56 Å². The maximum absolute atomic E-state index is 11.9. The number of ether oxygens (including phenoxy) is 3. The smallest absolute Gasteiger partial charge is 0.337 e. The lowest BCUT2D eigenvalue weighted by Crippen LogP contribution is -2.56. The van der Waals surface area contributed by atoms with E-state index in [2.05, 4.69) is 30.7 Å². The lowest BCUT2D eigenvalue weighted by atomic mass is 9.87. The van der Waals surface area contributed by atoms with Crippen molar-refractivity contribution in [1.82, 2.24) is 14.8 Å². The number of rotatable bonds is 8. The Morgan fingerprint density at radius 1 is 1.24 bits per heavy atom. The van der Waals surface area contributed by atoms with Crippen LogP contribution in [-0.4, -0.2) is 44.2 Å². The molecule has 2 rings (SSSR count). The Balaban J connectivity index is 2.52. The summed E-state index contributed by atoms with van der Waals surface area (Å²) in [5, 5.41) is 2.24. The molecular weight excluding hydrogens is 489 g/mol. The number of esters is 2. The molecule has 0 bridgehead atoms. The van der Waals surface area contributed by atoms with Gasteiger partial charge in [0.1, 0.15) is 18.4 Å². The van der Waals surface area contributed by atoms with Crippen molar-refractivity contribution in [2.75, 3.05) is 7.11 Å². The minimum atomic E-state index is -1.83. The van der Waals surface area contributed by atoms with E-state index in [9.17, 15) is 9.59 Å². The van der Waals surface area contributed by atoms with E-state index in [0.717, 1.165) is 0 Å². The third kappa shape index (κ3) is 5.21. The molecule has 0 fully saturated rings. The van der Waals surface area contributed by atoms with E-state index in [1.165, 1.54) is 55.6 Å². The van der Waals surface area contributed by atoms with Crippen LogP contribution in [-0.2, 0) is 19.5 Å². The van der Waals surface area contributed by atoms with E-state index < -0.39 is 32.9 Å². The largest absolute Gasteiger partial charge is 0.465 e. The number of hydrogen-bond acceptors (Lipinski definition) is 7. The van der Waals surface area contributed by atoms with Crippen molar-refractivity contribution in [1.29, 1.82) is 0 Å². The van der Waals surface area contributed by atoms with Crippen molar-refractivity contribution < 1.29 is 23.8 Å². The minimum Gasteiger partial charge on any atom is -0.465 e. The number of hydrogen-bond donors (Lipinski definition) is 0. The number of alkyl halides is 3. The van der Waals surface area contributed by atoms with Gasteiger partial charge in [-0.15, -0.1) is 11.6 Å². The highest BCUT2D eigenvalue weighted by Gasteiger charge is 2.55. The molecule has 158 valence electrons. The van der Waals surface area contributed by atoms with Gasteiger partial charge < -0.3 is 14.2 Å². The molecule has 11 heteroatoms. The molecule has 0 saturated carbocycles. The van der Waals surface area contributed by atoms with Gasteiger partial charge in [0, 0.05) is 12.3 Å². The summed E-state index contributed by atoms with van der Waals surface area (Å²) in [4.78, 5) is 27.4. The number of carbonyl (C=O) groups excluding carboxylic acids is 2. The van der Waals surface area contributed by atoms with Crippen molar-refractivity contribution in [3.8, 4) is 5.75 Å². The number of aromatic nitrogens is 3. The summed E-state index contributed by atoms with van der Waals surface area (Å²) in [6.45, 7) is 4.76. The zero-order valence-electron chi connectivity index (χ0n) is 16.1. The number of nitrogens with zero attached hydrogens (tertiary/aromatic N) is 3. The maximum Gasteiger partial charge on any atom is 0.337 e. The fourth-order valence-corrected chi connectivity index (χ4v) is 3.35. The van der Waals surface area contributed by atoms with Gasteiger partial charge in [-0.2, -0.15) is 9.78 Å². The lowest BCUT2D eigenvalue weighted by Gasteiger charge is -2.43. The normalized spacial score (nSPS) is 15.7. The summed E-state index contributed by atoms with van der Waals surface area (Å²) >= 11 is 16.5. The molecule has 0 aliphatic heterocycles. The van der Waals surface area contributed by atoms with Crippen LogP contribution in [0.5, 0.6) is 5.75 Å². The Morgan fingerprint density at radius 2 is 1.86 bits per heavy atom. The molecule has 8 nitrogen and oxygen atoms in total. The lowest BCUT2D eigenvalue weighted by molar-refractivity contribution is -0.174. The first-order valence-corrected chi connectivity index (χ1v) is 10.1.